The molecule has 0 fully saturated rings. The summed E-state index contributed by atoms with van der Waals surface area (Å²) in [6, 6.07) is 12.8. The predicted molar refractivity (Wildman–Crippen MR) is 76.2 cm³/mol. The largest absolute Gasteiger partial charge is 0.488 e. The predicted octanol–water partition coefficient (Wildman–Crippen LogP) is 3.16. The van der Waals surface area contributed by atoms with Crippen LogP contribution in [-0.2, 0) is 6.61 Å². The number of aromatic amines is 1. The SMILES string of the molecule is Cc1n[nH]cc1-c1cc[c]c(OCc2cccnc2)c1. The zero-order chi connectivity index (χ0) is 13.8. The van der Waals surface area contributed by atoms with Crippen LogP contribution in [0.2, 0.25) is 0 Å². The lowest BCUT2D eigenvalue weighted by Gasteiger charge is -2.07. The number of nitrogens with one attached hydrogen (secondary N) is 1. The van der Waals surface area contributed by atoms with Gasteiger partial charge in [-0.3, -0.25) is 10.1 Å². The fourth-order valence-electron chi connectivity index (χ4n) is 1.99. The molecule has 0 unspecified atom stereocenters. The standard InChI is InChI=1S/C16H14N3O/c1-12-16(10-18-19-12)14-5-2-6-15(8-14)20-11-13-4-3-7-17-9-13/h2-5,7-10H,11H2,1H3,(H,18,19). The molecule has 3 rings (SSSR count). The minimum Gasteiger partial charge on any atom is -0.488 e. The molecule has 0 amide bonds. The number of aromatic nitrogens is 3. The van der Waals surface area contributed by atoms with E-state index in [2.05, 4.69) is 21.2 Å². The average Bonchev–Trinajstić information content (AvgIpc) is 2.93. The molecule has 20 heavy (non-hydrogen) atoms. The highest BCUT2D eigenvalue weighted by Crippen LogP contribution is 2.25. The molecular formula is C16H14N3O. The van der Waals surface area contributed by atoms with Crippen molar-refractivity contribution in [1.82, 2.24) is 15.2 Å². The first kappa shape index (κ1) is 12.4. The van der Waals surface area contributed by atoms with E-state index in [4.69, 9.17) is 4.74 Å². The number of hydrogen-bond acceptors (Lipinski definition) is 3. The van der Waals surface area contributed by atoms with Crippen molar-refractivity contribution in [3.05, 3.63) is 66.2 Å². The molecule has 0 bridgehead atoms. The fraction of sp³-hybridized carbons (Fsp3) is 0.125. The highest BCUT2D eigenvalue weighted by molar-refractivity contribution is 5.66. The van der Waals surface area contributed by atoms with Gasteiger partial charge in [0.15, 0.2) is 0 Å². The van der Waals surface area contributed by atoms with E-state index >= 15 is 0 Å². The monoisotopic (exact) mass is 264 g/mol. The normalized spacial score (nSPS) is 10.4. The number of aryl methyl sites for hydroxylation is 1. The summed E-state index contributed by atoms with van der Waals surface area (Å²) in [6.07, 6.45) is 5.43. The second-order valence-corrected chi connectivity index (χ2v) is 4.48. The average molecular weight is 264 g/mol. The topological polar surface area (TPSA) is 50.8 Å². The maximum atomic E-state index is 5.74. The lowest BCUT2D eigenvalue weighted by atomic mass is 10.1. The molecule has 0 aliphatic rings. The molecule has 1 radical (unpaired) electrons. The van der Waals surface area contributed by atoms with Crippen molar-refractivity contribution in [3.63, 3.8) is 0 Å². The number of hydrogen-bond donors (Lipinski definition) is 1. The molecule has 0 atom stereocenters. The first-order valence-electron chi connectivity index (χ1n) is 6.37. The van der Waals surface area contributed by atoms with Crippen molar-refractivity contribution in [2.75, 3.05) is 0 Å². The highest BCUT2D eigenvalue weighted by atomic mass is 16.5. The number of pyridine rings is 1. The minimum absolute atomic E-state index is 0.484. The third kappa shape index (κ3) is 2.69. The van der Waals surface area contributed by atoms with Crippen LogP contribution in [0, 0.1) is 13.0 Å². The van der Waals surface area contributed by atoms with Crippen LogP contribution in [0.3, 0.4) is 0 Å². The van der Waals surface area contributed by atoms with Crippen molar-refractivity contribution in [2.45, 2.75) is 13.5 Å². The zero-order valence-corrected chi connectivity index (χ0v) is 11.1. The van der Waals surface area contributed by atoms with Gasteiger partial charge in [-0.2, -0.15) is 5.10 Å². The summed E-state index contributed by atoms with van der Waals surface area (Å²) >= 11 is 0. The quantitative estimate of drug-likeness (QED) is 0.787. The maximum Gasteiger partial charge on any atom is 0.128 e. The van der Waals surface area contributed by atoms with E-state index < -0.39 is 0 Å². The summed E-state index contributed by atoms with van der Waals surface area (Å²) in [5.41, 5.74) is 4.14. The summed E-state index contributed by atoms with van der Waals surface area (Å²) in [4.78, 5) is 4.06. The van der Waals surface area contributed by atoms with Gasteiger partial charge in [0.1, 0.15) is 12.4 Å². The molecule has 0 saturated heterocycles. The van der Waals surface area contributed by atoms with Gasteiger partial charge in [-0.1, -0.05) is 12.1 Å². The van der Waals surface area contributed by atoms with Gasteiger partial charge < -0.3 is 4.74 Å². The molecule has 4 heteroatoms. The molecule has 0 saturated carbocycles. The maximum absolute atomic E-state index is 5.74. The van der Waals surface area contributed by atoms with Crippen LogP contribution in [0.25, 0.3) is 11.1 Å². The van der Waals surface area contributed by atoms with Crippen LogP contribution in [0.4, 0.5) is 0 Å². The van der Waals surface area contributed by atoms with Crippen LogP contribution in [0.5, 0.6) is 5.75 Å². The third-order valence-corrected chi connectivity index (χ3v) is 3.03. The van der Waals surface area contributed by atoms with Crippen molar-refractivity contribution >= 4 is 0 Å². The zero-order valence-electron chi connectivity index (χ0n) is 11.1. The van der Waals surface area contributed by atoms with E-state index in [0.717, 1.165) is 22.4 Å². The van der Waals surface area contributed by atoms with E-state index in [1.807, 2.05) is 43.5 Å². The van der Waals surface area contributed by atoms with E-state index in [1.54, 1.807) is 12.4 Å². The Labute approximate surface area is 117 Å². The molecule has 1 N–H and O–H groups in total. The third-order valence-electron chi connectivity index (χ3n) is 3.03. The first-order chi connectivity index (χ1) is 9.83. The second-order valence-electron chi connectivity index (χ2n) is 4.48. The number of ether oxygens (including phenoxy) is 1. The Bertz CT molecular complexity index is 692. The highest BCUT2D eigenvalue weighted by Gasteiger charge is 2.05. The molecule has 0 aliphatic heterocycles. The van der Waals surface area contributed by atoms with E-state index in [-0.39, 0.29) is 0 Å². The van der Waals surface area contributed by atoms with E-state index in [9.17, 15) is 0 Å². The Hall–Kier alpha value is -2.62. The first-order valence-corrected chi connectivity index (χ1v) is 6.37. The second kappa shape index (κ2) is 5.57. The summed E-state index contributed by atoms with van der Waals surface area (Å²) in [6.45, 7) is 2.46. The van der Waals surface area contributed by atoms with Gasteiger partial charge in [-0.25, -0.2) is 0 Å². The molecule has 1 aromatic carbocycles. The Morgan fingerprint density at radius 1 is 1.35 bits per heavy atom. The Balaban J connectivity index is 1.77. The van der Waals surface area contributed by atoms with E-state index in [1.165, 1.54) is 0 Å². The fourth-order valence-corrected chi connectivity index (χ4v) is 1.99. The molecule has 4 nitrogen and oxygen atoms in total. The van der Waals surface area contributed by atoms with Gasteiger partial charge in [0.25, 0.3) is 0 Å². The lowest BCUT2D eigenvalue weighted by Crippen LogP contribution is -1.96. The van der Waals surface area contributed by atoms with Gasteiger partial charge in [-0.15, -0.1) is 0 Å². The smallest absolute Gasteiger partial charge is 0.128 e. The van der Waals surface area contributed by atoms with Gasteiger partial charge in [0.2, 0.25) is 0 Å². The van der Waals surface area contributed by atoms with Crippen LogP contribution in [0.15, 0.2) is 48.9 Å². The van der Waals surface area contributed by atoms with Crippen molar-refractivity contribution < 1.29 is 4.74 Å². The van der Waals surface area contributed by atoms with Gasteiger partial charge in [0, 0.05) is 35.8 Å². The van der Waals surface area contributed by atoms with Crippen molar-refractivity contribution in [1.29, 1.82) is 0 Å². The summed E-state index contributed by atoms with van der Waals surface area (Å²) in [5.74, 6) is 0.715. The number of H-pyrrole nitrogens is 1. The summed E-state index contributed by atoms with van der Waals surface area (Å²) in [7, 11) is 0. The molecule has 2 heterocycles. The van der Waals surface area contributed by atoms with E-state index in [0.29, 0.717) is 12.4 Å². The molecule has 2 aromatic heterocycles. The van der Waals surface area contributed by atoms with Gasteiger partial charge in [-0.05, 0) is 30.7 Å². The van der Waals surface area contributed by atoms with Crippen LogP contribution in [0.1, 0.15) is 11.3 Å². The molecular weight excluding hydrogens is 250 g/mol. The lowest BCUT2D eigenvalue weighted by molar-refractivity contribution is 0.305. The summed E-state index contributed by atoms with van der Waals surface area (Å²) in [5, 5.41) is 7.00. The Morgan fingerprint density at radius 2 is 2.30 bits per heavy atom. The van der Waals surface area contributed by atoms with Gasteiger partial charge in [0.05, 0.1) is 5.69 Å². The van der Waals surface area contributed by atoms with Crippen LogP contribution >= 0.6 is 0 Å². The number of nitrogens with zero attached hydrogens (tertiary/aromatic N) is 2. The van der Waals surface area contributed by atoms with Gasteiger partial charge >= 0.3 is 0 Å². The van der Waals surface area contributed by atoms with Crippen molar-refractivity contribution in [2.24, 2.45) is 0 Å². The molecule has 3 aromatic rings. The Kier molecular flexibility index (Phi) is 3.46. The molecule has 0 aliphatic carbocycles. The van der Waals surface area contributed by atoms with Crippen molar-refractivity contribution in [3.8, 4) is 16.9 Å². The number of benzene rings is 1. The summed E-state index contributed by atoms with van der Waals surface area (Å²) < 4.78 is 5.74. The minimum atomic E-state index is 0.484. The molecule has 0 spiro atoms. The molecule has 99 valence electrons. The van der Waals surface area contributed by atoms with Crippen LogP contribution in [-0.4, -0.2) is 15.2 Å². The number of rotatable bonds is 4. The van der Waals surface area contributed by atoms with Crippen LogP contribution < -0.4 is 4.74 Å². The Morgan fingerprint density at radius 3 is 3.05 bits per heavy atom.